The van der Waals surface area contributed by atoms with Gasteiger partial charge in [-0.3, -0.25) is 4.98 Å². The number of fused-ring (bicyclic) bond motifs is 2. The number of halogens is 4. The average Bonchev–Trinajstić information content (AvgIpc) is 2.72. The van der Waals surface area contributed by atoms with Gasteiger partial charge in [0.25, 0.3) is 0 Å². The van der Waals surface area contributed by atoms with Crippen molar-refractivity contribution in [2.45, 2.75) is 46.5 Å². The minimum atomic E-state index is -4.88. The van der Waals surface area contributed by atoms with Crippen molar-refractivity contribution in [1.29, 1.82) is 0 Å². The number of nitrogens with one attached hydrogen (secondary N) is 1. The van der Waals surface area contributed by atoms with Crippen molar-refractivity contribution >= 4 is 21.8 Å². The highest BCUT2D eigenvalue weighted by Crippen LogP contribution is 2.51. The Bertz CT molecular complexity index is 1310. The molecule has 0 aliphatic carbocycles. The standard InChI is InChI=1S/C23H20F4N2O2S2/c1-22(2)16-4-3-15(24)11-19(16)32-20-13-21(18(12-17(20)22)23(25,26)27)33(30,31)29-10-7-14-5-8-28-9-6-14/h3-6,8-9,11-13,29H,7,10H2,1-2H3. The Labute approximate surface area is 193 Å². The van der Waals surface area contributed by atoms with Crippen molar-refractivity contribution in [3.05, 3.63) is 82.9 Å². The maximum atomic E-state index is 14.0. The third-order valence-electron chi connectivity index (χ3n) is 5.64. The van der Waals surface area contributed by atoms with Crippen molar-refractivity contribution in [1.82, 2.24) is 9.71 Å². The van der Waals surface area contributed by atoms with Crippen LogP contribution in [-0.4, -0.2) is 19.9 Å². The number of hydrogen-bond donors (Lipinski definition) is 1. The highest BCUT2D eigenvalue weighted by Gasteiger charge is 2.42. The van der Waals surface area contributed by atoms with Gasteiger partial charge in [0, 0.05) is 34.1 Å². The van der Waals surface area contributed by atoms with Gasteiger partial charge in [0.1, 0.15) is 5.82 Å². The van der Waals surface area contributed by atoms with Gasteiger partial charge < -0.3 is 0 Å². The second-order valence-electron chi connectivity index (χ2n) is 8.21. The summed E-state index contributed by atoms with van der Waals surface area (Å²) in [6.45, 7) is 3.40. The molecule has 0 saturated carbocycles. The smallest absolute Gasteiger partial charge is 0.265 e. The van der Waals surface area contributed by atoms with Crippen LogP contribution >= 0.6 is 11.8 Å². The molecule has 1 aliphatic heterocycles. The Morgan fingerprint density at radius 1 is 1.00 bits per heavy atom. The van der Waals surface area contributed by atoms with Crippen molar-refractivity contribution in [2.75, 3.05) is 6.54 Å². The molecule has 0 amide bonds. The van der Waals surface area contributed by atoms with E-state index in [1.165, 1.54) is 12.1 Å². The lowest BCUT2D eigenvalue weighted by molar-refractivity contribution is -0.140. The molecule has 0 saturated heterocycles. The van der Waals surface area contributed by atoms with E-state index in [0.717, 1.165) is 29.5 Å². The van der Waals surface area contributed by atoms with Crippen LogP contribution in [0, 0.1) is 5.82 Å². The van der Waals surface area contributed by atoms with E-state index in [1.54, 1.807) is 44.4 Å². The van der Waals surface area contributed by atoms with Gasteiger partial charge >= 0.3 is 6.18 Å². The zero-order valence-corrected chi connectivity index (χ0v) is 19.3. The second-order valence-corrected chi connectivity index (χ2v) is 11.0. The first kappa shape index (κ1) is 23.7. The summed E-state index contributed by atoms with van der Waals surface area (Å²) in [7, 11) is -4.47. The first-order valence-electron chi connectivity index (χ1n) is 10.0. The molecule has 3 aromatic rings. The minimum Gasteiger partial charge on any atom is -0.265 e. The summed E-state index contributed by atoms with van der Waals surface area (Å²) in [5, 5.41) is 0. The van der Waals surface area contributed by atoms with Crippen molar-refractivity contribution < 1.29 is 26.0 Å². The number of nitrogens with zero attached hydrogens (tertiary/aromatic N) is 1. The third kappa shape index (κ3) is 4.64. The van der Waals surface area contributed by atoms with Crippen LogP contribution in [0.3, 0.4) is 0 Å². The van der Waals surface area contributed by atoms with Gasteiger partial charge in [0.2, 0.25) is 10.0 Å². The molecule has 0 bridgehead atoms. The Balaban J connectivity index is 1.76. The quantitative estimate of drug-likeness (QED) is 0.471. The maximum Gasteiger partial charge on any atom is 0.417 e. The molecule has 1 aromatic heterocycles. The molecular formula is C23H20F4N2O2S2. The van der Waals surface area contributed by atoms with Gasteiger partial charge in [0.15, 0.2) is 0 Å². The molecule has 2 heterocycles. The summed E-state index contributed by atoms with van der Waals surface area (Å²) in [5.74, 6) is -0.474. The molecular weight excluding hydrogens is 476 g/mol. The van der Waals surface area contributed by atoms with Crippen LogP contribution < -0.4 is 4.72 Å². The topological polar surface area (TPSA) is 59.1 Å². The van der Waals surface area contributed by atoms with Crippen molar-refractivity contribution in [3.63, 3.8) is 0 Å². The molecule has 2 aromatic carbocycles. The summed E-state index contributed by atoms with van der Waals surface area (Å²) in [5.41, 5.74) is -0.280. The molecule has 174 valence electrons. The minimum absolute atomic E-state index is 0.0760. The SMILES string of the molecule is CC1(C)c2ccc(F)cc2Sc2cc(S(=O)(=O)NCCc3ccncc3)c(C(F)(F)F)cc21. The largest absolute Gasteiger partial charge is 0.417 e. The Morgan fingerprint density at radius 3 is 2.33 bits per heavy atom. The second kappa shape index (κ2) is 8.41. The molecule has 1 aliphatic rings. The summed E-state index contributed by atoms with van der Waals surface area (Å²) >= 11 is 1.06. The van der Waals surface area contributed by atoms with Gasteiger partial charge in [0.05, 0.1) is 10.5 Å². The van der Waals surface area contributed by atoms with Gasteiger partial charge in [-0.25, -0.2) is 17.5 Å². The lowest BCUT2D eigenvalue weighted by Gasteiger charge is -2.35. The van der Waals surface area contributed by atoms with Gasteiger partial charge in [-0.2, -0.15) is 13.2 Å². The Hall–Kier alpha value is -2.43. The van der Waals surface area contributed by atoms with Crippen LogP contribution in [-0.2, 0) is 28.0 Å². The number of sulfonamides is 1. The van der Waals surface area contributed by atoms with Gasteiger partial charge in [-0.1, -0.05) is 31.7 Å². The maximum absolute atomic E-state index is 14.0. The fourth-order valence-electron chi connectivity index (χ4n) is 3.90. The van der Waals surface area contributed by atoms with Crippen LogP contribution in [0.1, 0.15) is 36.1 Å². The summed E-state index contributed by atoms with van der Waals surface area (Å²) in [6.07, 6.45) is -1.49. The van der Waals surface area contributed by atoms with Crippen LogP contribution in [0.2, 0.25) is 0 Å². The monoisotopic (exact) mass is 496 g/mol. The molecule has 0 unspecified atom stereocenters. The summed E-state index contributed by atoms with van der Waals surface area (Å²) < 4.78 is 83.9. The van der Waals surface area contributed by atoms with E-state index < -0.39 is 37.9 Å². The first-order valence-corrected chi connectivity index (χ1v) is 12.3. The number of hydrogen-bond acceptors (Lipinski definition) is 4. The zero-order chi connectivity index (χ0) is 24.0. The average molecular weight is 497 g/mol. The van der Waals surface area contributed by atoms with E-state index in [-0.39, 0.29) is 6.54 Å². The first-order chi connectivity index (χ1) is 15.4. The molecule has 1 N–H and O–H groups in total. The van der Waals surface area contributed by atoms with Crippen LogP contribution in [0.5, 0.6) is 0 Å². The lowest BCUT2D eigenvalue weighted by atomic mass is 9.77. The van der Waals surface area contributed by atoms with E-state index in [2.05, 4.69) is 9.71 Å². The van der Waals surface area contributed by atoms with E-state index in [1.807, 2.05) is 0 Å². The predicted octanol–water partition coefficient (Wildman–Crippen LogP) is 5.55. The van der Waals surface area contributed by atoms with Crippen LogP contribution in [0.15, 0.2) is 69.5 Å². The number of aromatic nitrogens is 1. The predicted molar refractivity (Wildman–Crippen MR) is 117 cm³/mol. The van der Waals surface area contributed by atoms with Crippen LogP contribution in [0.4, 0.5) is 17.6 Å². The lowest BCUT2D eigenvalue weighted by Crippen LogP contribution is -2.30. The molecule has 0 spiro atoms. The van der Waals surface area contributed by atoms with Gasteiger partial charge in [-0.05, 0) is 59.5 Å². The Morgan fingerprint density at radius 2 is 1.67 bits per heavy atom. The fourth-order valence-corrected chi connectivity index (χ4v) is 6.68. The van der Waals surface area contributed by atoms with Crippen molar-refractivity contribution in [3.8, 4) is 0 Å². The fraction of sp³-hybridized carbons (Fsp3) is 0.261. The summed E-state index contributed by atoms with van der Waals surface area (Å²) in [4.78, 5) is 3.92. The normalized spacial score (nSPS) is 15.1. The third-order valence-corrected chi connectivity index (χ3v) is 8.26. The summed E-state index contributed by atoms with van der Waals surface area (Å²) in [6, 6.07) is 9.48. The van der Waals surface area contributed by atoms with E-state index in [4.69, 9.17) is 0 Å². The van der Waals surface area contributed by atoms with E-state index in [9.17, 15) is 26.0 Å². The molecule has 4 rings (SSSR count). The number of benzene rings is 2. The van der Waals surface area contributed by atoms with Crippen molar-refractivity contribution in [2.24, 2.45) is 0 Å². The molecule has 10 heteroatoms. The number of pyridine rings is 1. The molecule has 0 atom stereocenters. The van der Waals surface area contributed by atoms with Gasteiger partial charge in [-0.15, -0.1) is 0 Å². The Kier molecular flexibility index (Phi) is 6.05. The highest BCUT2D eigenvalue weighted by atomic mass is 32.2. The van der Waals surface area contributed by atoms with Crippen LogP contribution in [0.25, 0.3) is 0 Å². The molecule has 4 nitrogen and oxygen atoms in total. The highest BCUT2D eigenvalue weighted by molar-refractivity contribution is 7.99. The van der Waals surface area contributed by atoms with E-state index in [0.29, 0.717) is 27.3 Å². The molecule has 0 radical (unpaired) electrons. The van der Waals surface area contributed by atoms with E-state index >= 15 is 0 Å². The molecule has 0 fully saturated rings. The zero-order valence-electron chi connectivity index (χ0n) is 17.7. The number of alkyl halides is 3. The molecule has 33 heavy (non-hydrogen) atoms. The number of rotatable bonds is 5.